The summed E-state index contributed by atoms with van der Waals surface area (Å²) in [4.78, 5) is 33.9. The molecule has 3 rings (SSSR count). The van der Waals surface area contributed by atoms with Crippen LogP contribution in [0.4, 0.5) is 5.82 Å². The van der Waals surface area contributed by atoms with E-state index in [2.05, 4.69) is 15.4 Å². The van der Waals surface area contributed by atoms with Crippen molar-refractivity contribution in [3.05, 3.63) is 11.8 Å². The van der Waals surface area contributed by atoms with Crippen molar-refractivity contribution >= 4 is 23.3 Å². The zero-order valence-electron chi connectivity index (χ0n) is 14.6. The van der Waals surface area contributed by atoms with Crippen LogP contribution >= 0.6 is 0 Å². The van der Waals surface area contributed by atoms with Crippen molar-refractivity contribution in [1.82, 2.24) is 20.0 Å². The lowest BCUT2D eigenvalue weighted by molar-refractivity contribution is -0.141. The SMILES string of the molecule is CC(C)C1=NOC(C(=O)N2CCCN(C(=O)c3cc(N)n[nH]3)CC2)C1. The third-order valence-corrected chi connectivity index (χ3v) is 4.56. The van der Waals surface area contributed by atoms with Gasteiger partial charge in [-0.25, -0.2) is 0 Å². The largest absolute Gasteiger partial charge is 0.382 e. The maximum atomic E-state index is 12.7. The van der Waals surface area contributed by atoms with E-state index in [9.17, 15) is 9.59 Å². The van der Waals surface area contributed by atoms with Crippen LogP contribution in [-0.2, 0) is 9.63 Å². The number of aromatic nitrogens is 2. The molecule has 0 aliphatic carbocycles. The second-order valence-electron chi connectivity index (χ2n) is 6.71. The van der Waals surface area contributed by atoms with E-state index in [1.54, 1.807) is 9.80 Å². The smallest absolute Gasteiger partial charge is 0.272 e. The number of nitrogen functional groups attached to an aromatic ring is 1. The van der Waals surface area contributed by atoms with E-state index < -0.39 is 6.10 Å². The van der Waals surface area contributed by atoms with Gasteiger partial charge in [-0.15, -0.1) is 0 Å². The normalized spacial score (nSPS) is 21.1. The first-order valence-electron chi connectivity index (χ1n) is 8.57. The Morgan fingerprint density at radius 1 is 1.28 bits per heavy atom. The summed E-state index contributed by atoms with van der Waals surface area (Å²) in [5.74, 6) is 0.353. The molecule has 1 aromatic rings. The summed E-state index contributed by atoms with van der Waals surface area (Å²) in [5.41, 5.74) is 6.84. The molecule has 25 heavy (non-hydrogen) atoms. The number of amides is 2. The Kier molecular flexibility index (Phi) is 4.91. The highest BCUT2D eigenvalue weighted by molar-refractivity contribution is 5.94. The van der Waals surface area contributed by atoms with Crippen LogP contribution in [0.25, 0.3) is 0 Å². The second-order valence-corrected chi connectivity index (χ2v) is 6.71. The van der Waals surface area contributed by atoms with Gasteiger partial charge < -0.3 is 20.4 Å². The predicted octanol–water partition coefficient (Wildman–Crippen LogP) is 0.467. The molecule has 136 valence electrons. The zero-order valence-corrected chi connectivity index (χ0v) is 14.6. The fraction of sp³-hybridized carbons (Fsp3) is 0.625. The summed E-state index contributed by atoms with van der Waals surface area (Å²) < 4.78 is 0. The Labute approximate surface area is 146 Å². The number of hydrogen-bond acceptors (Lipinski definition) is 6. The molecule has 1 unspecified atom stereocenters. The highest BCUT2D eigenvalue weighted by Gasteiger charge is 2.34. The summed E-state index contributed by atoms with van der Waals surface area (Å²) >= 11 is 0. The van der Waals surface area contributed by atoms with Gasteiger partial charge in [-0.05, 0) is 12.3 Å². The van der Waals surface area contributed by atoms with Crippen molar-refractivity contribution in [2.24, 2.45) is 11.1 Å². The average molecular weight is 348 g/mol. The van der Waals surface area contributed by atoms with Crippen LogP contribution in [0.15, 0.2) is 11.2 Å². The van der Waals surface area contributed by atoms with E-state index in [-0.39, 0.29) is 23.6 Å². The minimum absolute atomic E-state index is 0.0560. The summed E-state index contributed by atoms with van der Waals surface area (Å²) in [7, 11) is 0. The van der Waals surface area contributed by atoms with Gasteiger partial charge >= 0.3 is 0 Å². The van der Waals surface area contributed by atoms with Crippen LogP contribution in [0, 0.1) is 5.92 Å². The number of anilines is 1. The van der Waals surface area contributed by atoms with Crippen LogP contribution in [0.3, 0.4) is 0 Å². The number of carbonyl (C=O) groups is 2. The molecule has 0 spiro atoms. The Bertz CT molecular complexity index is 683. The quantitative estimate of drug-likeness (QED) is 0.823. The maximum absolute atomic E-state index is 12.7. The predicted molar refractivity (Wildman–Crippen MR) is 91.9 cm³/mol. The number of nitrogens with two attached hydrogens (primary N) is 1. The lowest BCUT2D eigenvalue weighted by Crippen LogP contribution is -2.42. The number of nitrogens with one attached hydrogen (secondary N) is 1. The molecule has 1 saturated heterocycles. The van der Waals surface area contributed by atoms with Crippen LogP contribution < -0.4 is 5.73 Å². The van der Waals surface area contributed by atoms with Gasteiger partial charge in [0.05, 0.1) is 5.71 Å². The fourth-order valence-electron chi connectivity index (χ4n) is 3.03. The molecule has 9 nitrogen and oxygen atoms in total. The molecular formula is C16H24N6O3. The van der Waals surface area contributed by atoms with Gasteiger partial charge in [0.2, 0.25) is 6.10 Å². The Hall–Kier alpha value is -2.58. The van der Waals surface area contributed by atoms with Gasteiger partial charge in [-0.3, -0.25) is 14.7 Å². The fourth-order valence-corrected chi connectivity index (χ4v) is 3.03. The second kappa shape index (κ2) is 7.12. The number of rotatable bonds is 3. The topological polar surface area (TPSA) is 117 Å². The highest BCUT2D eigenvalue weighted by Crippen LogP contribution is 2.19. The summed E-state index contributed by atoms with van der Waals surface area (Å²) in [5, 5.41) is 10.4. The minimum Gasteiger partial charge on any atom is -0.382 e. The van der Waals surface area contributed by atoms with Crippen LogP contribution in [0.1, 0.15) is 37.2 Å². The van der Waals surface area contributed by atoms with Crippen molar-refractivity contribution in [2.75, 3.05) is 31.9 Å². The summed E-state index contributed by atoms with van der Waals surface area (Å²) in [6, 6.07) is 1.52. The Morgan fingerprint density at radius 3 is 2.64 bits per heavy atom. The molecule has 0 bridgehead atoms. The summed E-state index contributed by atoms with van der Waals surface area (Å²) in [6.45, 7) is 6.20. The molecule has 2 amide bonds. The van der Waals surface area contributed by atoms with E-state index in [4.69, 9.17) is 10.6 Å². The average Bonchev–Trinajstić information content (AvgIpc) is 3.17. The van der Waals surface area contributed by atoms with E-state index in [1.807, 2.05) is 13.8 Å². The van der Waals surface area contributed by atoms with Crippen molar-refractivity contribution in [1.29, 1.82) is 0 Å². The molecule has 1 fully saturated rings. The summed E-state index contributed by atoms with van der Waals surface area (Å²) in [6.07, 6.45) is 0.724. The third-order valence-electron chi connectivity index (χ3n) is 4.56. The van der Waals surface area contributed by atoms with E-state index in [1.165, 1.54) is 6.07 Å². The van der Waals surface area contributed by atoms with Gasteiger partial charge in [0.15, 0.2) is 0 Å². The van der Waals surface area contributed by atoms with Crippen molar-refractivity contribution < 1.29 is 14.4 Å². The molecule has 2 aliphatic rings. The first kappa shape index (κ1) is 17.2. The van der Waals surface area contributed by atoms with Crippen LogP contribution in [0.2, 0.25) is 0 Å². The number of aromatic amines is 1. The molecule has 1 atom stereocenters. The van der Waals surface area contributed by atoms with Crippen LogP contribution in [0.5, 0.6) is 0 Å². The first-order chi connectivity index (χ1) is 12.0. The van der Waals surface area contributed by atoms with Gasteiger partial charge in [0.1, 0.15) is 11.5 Å². The van der Waals surface area contributed by atoms with Gasteiger partial charge in [-0.2, -0.15) is 5.10 Å². The molecule has 0 saturated carbocycles. The number of hydrogen-bond donors (Lipinski definition) is 2. The zero-order chi connectivity index (χ0) is 18.0. The number of H-pyrrole nitrogens is 1. The van der Waals surface area contributed by atoms with E-state index >= 15 is 0 Å². The minimum atomic E-state index is -0.535. The number of nitrogens with zero attached hydrogens (tertiary/aromatic N) is 4. The Morgan fingerprint density at radius 2 is 2.00 bits per heavy atom. The number of carbonyl (C=O) groups excluding carboxylic acids is 2. The molecule has 1 aromatic heterocycles. The standard InChI is InChI=1S/C16H24N6O3/c1-10(2)11-8-13(25-20-11)16(24)22-5-3-4-21(6-7-22)15(23)12-9-14(17)19-18-12/h9-10,13H,3-8H2,1-2H3,(H3,17,18,19). The molecular weight excluding hydrogens is 324 g/mol. The maximum Gasteiger partial charge on any atom is 0.272 e. The van der Waals surface area contributed by atoms with Crippen molar-refractivity contribution in [3.8, 4) is 0 Å². The molecule has 2 aliphatic heterocycles. The van der Waals surface area contributed by atoms with Crippen molar-refractivity contribution in [3.63, 3.8) is 0 Å². The highest BCUT2D eigenvalue weighted by atomic mass is 16.6. The third kappa shape index (κ3) is 3.75. The van der Waals surface area contributed by atoms with Crippen LogP contribution in [-0.4, -0.2) is 69.8 Å². The monoisotopic (exact) mass is 348 g/mol. The number of oxime groups is 1. The Balaban J connectivity index is 1.57. The molecule has 3 heterocycles. The molecule has 9 heteroatoms. The lowest BCUT2D eigenvalue weighted by Gasteiger charge is -2.23. The molecule has 0 radical (unpaired) electrons. The van der Waals surface area contributed by atoms with E-state index in [0.29, 0.717) is 44.7 Å². The first-order valence-corrected chi connectivity index (χ1v) is 8.57. The van der Waals surface area contributed by atoms with Gasteiger partial charge in [0, 0.05) is 38.7 Å². The van der Waals surface area contributed by atoms with Gasteiger partial charge in [0.25, 0.3) is 11.8 Å². The van der Waals surface area contributed by atoms with Gasteiger partial charge in [-0.1, -0.05) is 19.0 Å². The molecule has 0 aromatic carbocycles. The molecule has 3 N–H and O–H groups in total. The van der Waals surface area contributed by atoms with E-state index in [0.717, 1.165) is 5.71 Å². The van der Waals surface area contributed by atoms with Crippen molar-refractivity contribution in [2.45, 2.75) is 32.8 Å². The lowest BCUT2D eigenvalue weighted by atomic mass is 10.0.